The SMILES string of the molecule is Cc1ccc(-c2nn(-c3ccccc3)cc2C(=O)N2CCN([C@H]3CCS(=O)(=O)C3)CC2)cc1C. The predicted molar refractivity (Wildman–Crippen MR) is 133 cm³/mol. The topological polar surface area (TPSA) is 75.5 Å². The minimum absolute atomic E-state index is 0.0332. The van der Waals surface area contributed by atoms with Crippen LogP contribution in [0.2, 0.25) is 0 Å². The maximum absolute atomic E-state index is 13.7. The molecule has 1 amide bonds. The molecule has 3 aromatic rings. The Balaban J connectivity index is 1.41. The monoisotopic (exact) mass is 478 g/mol. The number of carbonyl (C=O) groups excluding carboxylic acids is 1. The number of aryl methyl sites for hydroxylation is 2. The molecule has 7 nitrogen and oxygen atoms in total. The molecule has 0 aliphatic carbocycles. The van der Waals surface area contributed by atoms with Crippen LogP contribution < -0.4 is 0 Å². The van der Waals surface area contributed by atoms with Crippen molar-refractivity contribution in [2.75, 3.05) is 37.7 Å². The van der Waals surface area contributed by atoms with Crippen molar-refractivity contribution in [1.82, 2.24) is 19.6 Å². The van der Waals surface area contributed by atoms with Crippen molar-refractivity contribution in [3.8, 4) is 16.9 Å². The van der Waals surface area contributed by atoms with E-state index in [2.05, 4.69) is 30.9 Å². The van der Waals surface area contributed by atoms with Gasteiger partial charge < -0.3 is 4.90 Å². The Morgan fingerprint density at radius 1 is 0.971 bits per heavy atom. The molecule has 2 saturated heterocycles. The quantitative estimate of drug-likeness (QED) is 0.576. The summed E-state index contributed by atoms with van der Waals surface area (Å²) in [7, 11) is -2.92. The molecule has 3 heterocycles. The van der Waals surface area contributed by atoms with Crippen molar-refractivity contribution >= 4 is 15.7 Å². The van der Waals surface area contributed by atoms with E-state index in [1.807, 2.05) is 47.5 Å². The summed E-state index contributed by atoms with van der Waals surface area (Å²) in [5, 5.41) is 4.82. The Morgan fingerprint density at radius 2 is 1.71 bits per heavy atom. The molecule has 178 valence electrons. The molecule has 0 saturated carbocycles. The van der Waals surface area contributed by atoms with Gasteiger partial charge in [0.05, 0.1) is 22.8 Å². The number of benzene rings is 2. The van der Waals surface area contributed by atoms with E-state index in [-0.39, 0.29) is 23.5 Å². The lowest BCUT2D eigenvalue weighted by Gasteiger charge is -2.37. The molecule has 2 aromatic carbocycles. The first-order valence-electron chi connectivity index (χ1n) is 11.8. The second kappa shape index (κ2) is 9.00. The van der Waals surface area contributed by atoms with Crippen LogP contribution in [0.4, 0.5) is 0 Å². The Bertz CT molecular complexity index is 1310. The van der Waals surface area contributed by atoms with E-state index < -0.39 is 9.84 Å². The van der Waals surface area contributed by atoms with Gasteiger partial charge in [-0.3, -0.25) is 9.69 Å². The van der Waals surface area contributed by atoms with Crippen molar-refractivity contribution in [3.05, 3.63) is 71.4 Å². The summed E-state index contributed by atoms with van der Waals surface area (Å²) in [5.74, 6) is 0.477. The van der Waals surface area contributed by atoms with Gasteiger partial charge in [-0.15, -0.1) is 0 Å². The minimum Gasteiger partial charge on any atom is -0.336 e. The summed E-state index contributed by atoms with van der Waals surface area (Å²) in [5.41, 5.74) is 5.45. The van der Waals surface area contributed by atoms with Crippen molar-refractivity contribution in [1.29, 1.82) is 0 Å². The molecule has 0 bridgehead atoms. The zero-order chi connectivity index (χ0) is 23.9. The smallest absolute Gasteiger partial charge is 0.257 e. The fourth-order valence-electron chi connectivity index (χ4n) is 4.87. The Kier molecular flexibility index (Phi) is 6.04. The van der Waals surface area contributed by atoms with Gasteiger partial charge in [0.25, 0.3) is 5.91 Å². The third-order valence-electron chi connectivity index (χ3n) is 7.07. The molecule has 2 fully saturated rings. The van der Waals surface area contributed by atoms with Crippen LogP contribution in [0.1, 0.15) is 27.9 Å². The number of para-hydroxylation sites is 1. The largest absolute Gasteiger partial charge is 0.336 e. The highest BCUT2D eigenvalue weighted by Crippen LogP contribution is 2.28. The van der Waals surface area contributed by atoms with Crippen LogP contribution in [-0.2, 0) is 9.84 Å². The molecule has 1 atom stereocenters. The Hall–Kier alpha value is -2.97. The molecule has 0 N–H and O–H groups in total. The van der Waals surface area contributed by atoms with Crippen molar-refractivity contribution in [2.45, 2.75) is 26.3 Å². The number of hydrogen-bond acceptors (Lipinski definition) is 5. The normalized spacial score (nSPS) is 20.5. The van der Waals surface area contributed by atoms with E-state index in [4.69, 9.17) is 5.10 Å². The van der Waals surface area contributed by atoms with Gasteiger partial charge in [-0.2, -0.15) is 5.10 Å². The second-order valence-corrected chi connectivity index (χ2v) is 11.6. The lowest BCUT2D eigenvalue weighted by atomic mass is 10.0. The average molecular weight is 479 g/mol. The van der Waals surface area contributed by atoms with Crippen LogP contribution in [0.15, 0.2) is 54.7 Å². The highest BCUT2D eigenvalue weighted by molar-refractivity contribution is 7.91. The maximum Gasteiger partial charge on any atom is 0.257 e. The van der Waals surface area contributed by atoms with Crippen LogP contribution in [0, 0.1) is 13.8 Å². The number of carbonyl (C=O) groups is 1. The lowest BCUT2D eigenvalue weighted by Crippen LogP contribution is -2.52. The fraction of sp³-hybridized carbons (Fsp3) is 0.385. The minimum atomic E-state index is -2.92. The Morgan fingerprint density at radius 3 is 2.35 bits per heavy atom. The molecule has 0 radical (unpaired) electrons. The first kappa shape index (κ1) is 22.8. The van der Waals surface area contributed by atoms with Crippen molar-refractivity contribution in [2.24, 2.45) is 0 Å². The molecular formula is C26H30N4O3S. The molecule has 0 unspecified atom stereocenters. The number of amides is 1. The van der Waals surface area contributed by atoms with E-state index >= 15 is 0 Å². The standard InChI is InChI=1S/C26H30N4O3S/c1-19-8-9-21(16-20(19)2)25-24(17-30(27-25)22-6-4-3-5-7-22)26(31)29-13-11-28(12-14-29)23-10-15-34(32,33)18-23/h3-9,16-17,23H,10-15,18H2,1-2H3/t23-/m0/s1. The number of rotatable bonds is 4. The highest BCUT2D eigenvalue weighted by Gasteiger charge is 2.35. The summed E-state index contributed by atoms with van der Waals surface area (Å²) in [4.78, 5) is 17.8. The van der Waals surface area contributed by atoms with Crippen LogP contribution in [0.3, 0.4) is 0 Å². The number of hydrogen-bond donors (Lipinski definition) is 0. The number of piperazine rings is 1. The van der Waals surface area contributed by atoms with E-state index in [0.717, 1.165) is 16.8 Å². The van der Waals surface area contributed by atoms with Crippen LogP contribution in [-0.4, -0.2) is 77.6 Å². The summed E-state index contributed by atoms with van der Waals surface area (Å²) < 4.78 is 25.5. The summed E-state index contributed by atoms with van der Waals surface area (Å²) in [6.07, 6.45) is 2.52. The molecule has 1 aromatic heterocycles. The first-order chi connectivity index (χ1) is 16.3. The van der Waals surface area contributed by atoms with E-state index in [0.29, 0.717) is 43.9 Å². The molecule has 8 heteroatoms. The van der Waals surface area contributed by atoms with E-state index in [1.165, 1.54) is 5.56 Å². The molecule has 5 rings (SSSR count). The molecule has 34 heavy (non-hydrogen) atoms. The third-order valence-corrected chi connectivity index (χ3v) is 8.82. The molecular weight excluding hydrogens is 448 g/mol. The zero-order valence-corrected chi connectivity index (χ0v) is 20.5. The van der Waals surface area contributed by atoms with Gasteiger partial charge >= 0.3 is 0 Å². The van der Waals surface area contributed by atoms with Gasteiger partial charge in [-0.05, 0) is 49.6 Å². The van der Waals surface area contributed by atoms with Crippen LogP contribution in [0.5, 0.6) is 0 Å². The van der Waals surface area contributed by atoms with Crippen LogP contribution in [0.25, 0.3) is 16.9 Å². The second-order valence-electron chi connectivity index (χ2n) is 9.36. The number of sulfone groups is 1. The third kappa shape index (κ3) is 4.52. The average Bonchev–Trinajstić information content (AvgIpc) is 3.45. The predicted octanol–water partition coefficient (Wildman–Crippen LogP) is 3.10. The number of aromatic nitrogens is 2. The van der Waals surface area contributed by atoms with Gasteiger partial charge in [-0.25, -0.2) is 13.1 Å². The first-order valence-corrected chi connectivity index (χ1v) is 13.6. The van der Waals surface area contributed by atoms with Crippen LogP contribution >= 0.6 is 0 Å². The zero-order valence-electron chi connectivity index (χ0n) is 19.6. The lowest BCUT2D eigenvalue weighted by molar-refractivity contribution is 0.0588. The summed E-state index contributed by atoms with van der Waals surface area (Å²) in [6.45, 7) is 6.69. The van der Waals surface area contributed by atoms with Gasteiger partial charge in [-0.1, -0.05) is 30.3 Å². The van der Waals surface area contributed by atoms with Gasteiger partial charge in [0.15, 0.2) is 9.84 Å². The maximum atomic E-state index is 13.7. The molecule has 2 aliphatic rings. The fourth-order valence-corrected chi connectivity index (χ4v) is 6.63. The van der Waals surface area contributed by atoms with Crippen molar-refractivity contribution < 1.29 is 13.2 Å². The summed E-state index contributed by atoms with van der Waals surface area (Å²) in [6, 6.07) is 16.1. The number of nitrogens with zero attached hydrogens (tertiary/aromatic N) is 4. The van der Waals surface area contributed by atoms with Crippen molar-refractivity contribution in [3.63, 3.8) is 0 Å². The summed E-state index contributed by atoms with van der Waals surface area (Å²) >= 11 is 0. The molecule has 0 spiro atoms. The van der Waals surface area contributed by atoms with E-state index in [9.17, 15) is 13.2 Å². The van der Waals surface area contributed by atoms with E-state index in [1.54, 1.807) is 4.68 Å². The highest BCUT2D eigenvalue weighted by atomic mass is 32.2. The molecule has 2 aliphatic heterocycles. The van der Waals surface area contributed by atoms with Gasteiger partial charge in [0, 0.05) is 44.0 Å². The van der Waals surface area contributed by atoms with Gasteiger partial charge in [0.2, 0.25) is 0 Å². The Labute approximate surface area is 200 Å². The van der Waals surface area contributed by atoms with Gasteiger partial charge in [0.1, 0.15) is 5.69 Å².